The summed E-state index contributed by atoms with van der Waals surface area (Å²) in [4.78, 5) is 7.09. The average molecular weight is 481 g/mol. The van der Waals surface area contributed by atoms with Crippen LogP contribution in [0.5, 0.6) is 0 Å². The molecule has 27 heavy (non-hydrogen) atoms. The van der Waals surface area contributed by atoms with Crippen molar-refractivity contribution >= 4 is 29.9 Å². The van der Waals surface area contributed by atoms with Crippen molar-refractivity contribution in [1.82, 2.24) is 15.5 Å². The maximum absolute atomic E-state index is 8.88. The molecule has 0 amide bonds. The summed E-state index contributed by atoms with van der Waals surface area (Å²) in [6.07, 6.45) is 9.43. The number of halogens is 1. The van der Waals surface area contributed by atoms with E-state index in [1.54, 1.807) is 0 Å². The quantitative estimate of drug-likeness (QED) is 0.392. The van der Waals surface area contributed by atoms with Gasteiger partial charge in [-0.2, -0.15) is 5.26 Å². The van der Waals surface area contributed by atoms with Crippen molar-refractivity contribution in [3.05, 3.63) is 35.4 Å². The Bertz CT molecular complexity index is 631. The predicted molar refractivity (Wildman–Crippen MR) is 121 cm³/mol. The summed E-state index contributed by atoms with van der Waals surface area (Å²) in [5.41, 5.74) is 1.85. The first-order chi connectivity index (χ1) is 12.8. The van der Waals surface area contributed by atoms with Crippen molar-refractivity contribution in [1.29, 1.82) is 5.26 Å². The van der Waals surface area contributed by atoms with Crippen LogP contribution in [0, 0.1) is 11.3 Å². The summed E-state index contributed by atoms with van der Waals surface area (Å²) in [5.74, 6) is 0.866. The molecule has 0 spiro atoms. The number of nitrogens with zero attached hydrogens (tertiary/aromatic N) is 3. The lowest BCUT2D eigenvalue weighted by atomic mass is 9.92. The second-order valence-corrected chi connectivity index (χ2v) is 7.50. The highest BCUT2D eigenvalue weighted by Gasteiger charge is 2.27. The van der Waals surface area contributed by atoms with Gasteiger partial charge in [-0.05, 0) is 49.9 Å². The second kappa shape index (κ2) is 11.5. The summed E-state index contributed by atoms with van der Waals surface area (Å²) >= 11 is 0. The number of benzene rings is 1. The number of nitrogens with one attached hydrogen (secondary N) is 2. The molecule has 1 aromatic rings. The first-order valence-corrected chi connectivity index (χ1v) is 9.99. The van der Waals surface area contributed by atoms with E-state index < -0.39 is 0 Å². The van der Waals surface area contributed by atoms with Gasteiger partial charge in [-0.15, -0.1) is 24.0 Å². The minimum absolute atomic E-state index is 0. The average Bonchev–Trinajstić information content (AvgIpc) is 2.72. The van der Waals surface area contributed by atoms with Gasteiger partial charge in [0.25, 0.3) is 0 Å². The lowest BCUT2D eigenvalue weighted by Crippen LogP contribution is -2.53. The van der Waals surface area contributed by atoms with Crippen LogP contribution in [0.3, 0.4) is 0 Å². The number of piperidine rings is 1. The predicted octanol–water partition coefficient (Wildman–Crippen LogP) is 3.64. The van der Waals surface area contributed by atoms with E-state index in [1.807, 2.05) is 31.3 Å². The van der Waals surface area contributed by atoms with Gasteiger partial charge in [-0.1, -0.05) is 31.4 Å². The van der Waals surface area contributed by atoms with Gasteiger partial charge >= 0.3 is 0 Å². The van der Waals surface area contributed by atoms with Gasteiger partial charge in [0.15, 0.2) is 5.96 Å². The van der Waals surface area contributed by atoms with E-state index >= 15 is 0 Å². The maximum atomic E-state index is 8.88. The van der Waals surface area contributed by atoms with E-state index in [9.17, 15) is 0 Å². The molecule has 1 saturated carbocycles. The smallest absolute Gasteiger partial charge is 0.191 e. The van der Waals surface area contributed by atoms with Crippen molar-refractivity contribution in [3.8, 4) is 6.07 Å². The number of nitriles is 1. The van der Waals surface area contributed by atoms with Crippen LogP contribution in [0.4, 0.5) is 0 Å². The molecule has 2 aliphatic rings. The van der Waals surface area contributed by atoms with E-state index in [2.05, 4.69) is 26.6 Å². The number of rotatable bonds is 4. The van der Waals surface area contributed by atoms with E-state index in [0.29, 0.717) is 18.2 Å². The number of aliphatic imine (C=N–C) groups is 1. The number of guanidine groups is 1. The molecule has 2 N–H and O–H groups in total. The Morgan fingerprint density at radius 3 is 2.56 bits per heavy atom. The molecule has 1 atom stereocenters. The molecule has 5 nitrogen and oxygen atoms in total. The Labute approximate surface area is 180 Å². The van der Waals surface area contributed by atoms with Gasteiger partial charge in [0.1, 0.15) is 0 Å². The summed E-state index contributed by atoms with van der Waals surface area (Å²) in [6, 6.07) is 11.1. The highest BCUT2D eigenvalue weighted by molar-refractivity contribution is 14.0. The molecule has 1 heterocycles. The van der Waals surface area contributed by atoms with Gasteiger partial charge in [0.05, 0.1) is 11.6 Å². The monoisotopic (exact) mass is 481 g/mol. The third kappa shape index (κ3) is 6.65. The minimum Gasteiger partial charge on any atom is -0.352 e. The van der Waals surface area contributed by atoms with Crippen LogP contribution >= 0.6 is 24.0 Å². The van der Waals surface area contributed by atoms with Gasteiger partial charge in [-0.3, -0.25) is 9.89 Å². The van der Waals surface area contributed by atoms with Gasteiger partial charge in [-0.25, -0.2) is 0 Å². The molecule has 1 aliphatic heterocycles. The highest BCUT2D eigenvalue weighted by Crippen LogP contribution is 2.25. The zero-order valence-electron chi connectivity index (χ0n) is 16.3. The zero-order chi connectivity index (χ0) is 18.2. The molecule has 0 aromatic heterocycles. The summed E-state index contributed by atoms with van der Waals surface area (Å²) in [6.45, 7) is 3.09. The summed E-state index contributed by atoms with van der Waals surface area (Å²) in [7, 11) is 1.83. The minimum atomic E-state index is 0. The van der Waals surface area contributed by atoms with Crippen molar-refractivity contribution in [2.75, 3.05) is 20.1 Å². The molecule has 0 bridgehead atoms. The van der Waals surface area contributed by atoms with Crippen LogP contribution in [0.25, 0.3) is 0 Å². The van der Waals surface area contributed by atoms with Gasteiger partial charge in [0.2, 0.25) is 0 Å². The highest BCUT2D eigenvalue weighted by atomic mass is 127. The fraction of sp³-hybridized carbons (Fsp3) is 0.619. The van der Waals surface area contributed by atoms with E-state index in [-0.39, 0.29) is 24.0 Å². The molecule has 3 rings (SSSR count). The maximum Gasteiger partial charge on any atom is 0.191 e. The Morgan fingerprint density at radius 1 is 1.15 bits per heavy atom. The van der Waals surface area contributed by atoms with Crippen molar-refractivity contribution < 1.29 is 0 Å². The summed E-state index contributed by atoms with van der Waals surface area (Å²) < 4.78 is 0. The number of likely N-dealkylation sites (tertiary alicyclic amines) is 1. The molecule has 0 radical (unpaired) electrons. The SMILES string of the molecule is CN=C(NCc1ccc(C#N)cc1)NC1CCCN(C2CCCCC2)C1.I. The number of hydrogen-bond acceptors (Lipinski definition) is 3. The Kier molecular flexibility index (Phi) is 9.35. The largest absolute Gasteiger partial charge is 0.352 e. The molecule has 1 unspecified atom stereocenters. The van der Waals surface area contributed by atoms with E-state index in [0.717, 1.165) is 24.1 Å². The summed E-state index contributed by atoms with van der Waals surface area (Å²) in [5, 5.41) is 15.9. The Balaban J connectivity index is 0.00000261. The van der Waals surface area contributed by atoms with Crippen LogP contribution in [0.15, 0.2) is 29.3 Å². The first-order valence-electron chi connectivity index (χ1n) is 9.99. The van der Waals surface area contributed by atoms with Gasteiger partial charge < -0.3 is 10.6 Å². The molecule has 6 heteroatoms. The molecule has 148 valence electrons. The van der Waals surface area contributed by atoms with Crippen molar-refractivity contribution in [3.63, 3.8) is 0 Å². The fourth-order valence-corrected chi connectivity index (χ4v) is 4.17. The lowest BCUT2D eigenvalue weighted by Gasteiger charge is -2.40. The molecular formula is C21H32IN5. The second-order valence-electron chi connectivity index (χ2n) is 7.50. The molecular weight excluding hydrogens is 449 g/mol. The van der Waals surface area contributed by atoms with E-state index in [1.165, 1.54) is 51.5 Å². The van der Waals surface area contributed by atoms with Crippen LogP contribution in [0.2, 0.25) is 0 Å². The standard InChI is InChI=1S/C21H31N5.HI/c1-23-21(24-15-18-11-9-17(14-22)10-12-18)25-19-6-5-13-26(16-19)20-7-3-2-4-8-20;/h9-12,19-20H,2-8,13,15-16H2,1H3,(H2,23,24,25);1H. The topological polar surface area (TPSA) is 63.5 Å². The van der Waals surface area contributed by atoms with Gasteiger partial charge in [0, 0.05) is 32.2 Å². The fourth-order valence-electron chi connectivity index (χ4n) is 4.17. The first kappa shape index (κ1) is 22.0. The lowest BCUT2D eigenvalue weighted by molar-refractivity contribution is 0.115. The number of hydrogen-bond donors (Lipinski definition) is 2. The van der Waals surface area contributed by atoms with Crippen molar-refractivity contribution in [2.24, 2.45) is 4.99 Å². The van der Waals surface area contributed by atoms with Crippen LogP contribution < -0.4 is 10.6 Å². The van der Waals surface area contributed by atoms with Crippen LogP contribution in [-0.4, -0.2) is 43.1 Å². The Hall–Kier alpha value is -1.33. The molecule has 1 aromatic carbocycles. The third-order valence-electron chi connectivity index (χ3n) is 5.65. The molecule has 1 aliphatic carbocycles. The van der Waals surface area contributed by atoms with E-state index in [4.69, 9.17) is 5.26 Å². The van der Waals surface area contributed by atoms with Crippen LogP contribution in [0.1, 0.15) is 56.1 Å². The molecule has 1 saturated heterocycles. The zero-order valence-corrected chi connectivity index (χ0v) is 18.6. The Morgan fingerprint density at radius 2 is 1.89 bits per heavy atom. The van der Waals surface area contributed by atoms with Crippen LogP contribution in [-0.2, 0) is 6.54 Å². The normalized spacial score (nSPS) is 21.8. The third-order valence-corrected chi connectivity index (χ3v) is 5.65. The molecule has 2 fully saturated rings. The van der Waals surface area contributed by atoms with Crippen molar-refractivity contribution in [2.45, 2.75) is 63.6 Å².